The second-order valence-electron chi connectivity index (χ2n) is 2.70. The predicted octanol–water partition coefficient (Wildman–Crippen LogP) is 1.44. The number of aldehydes is 1. The Morgan fingerprint density at radius 2 is 2.00 bits per heavy atom. The first kappa shape index (κ1) is 9.45. The molecule has 1 N–H and O–H groups in total. The molecule has 1 aromatic rings. The Morgan fingerprint density at radius 1 is 1.38 bits per heavy atom. The topological polar surface area (TPSA) is 54.4 Å². The molecule has 1 aromatic carbocycles. The number of carbonyl (C=O) groups excluding carboxylic acids is 1. The number of rotatable bonds is 4. The maximum Gasteiger partial charge on any atom is 0.311 e. The number of hydrogen-bond acceptors (Lipinski definition) is 2. The quantitative estimate of drug-likeness (QED) is 0.710. The van der Waals surface area contributed by atoms with Gasteiger partial charge in [0.2, 0.25) is 0 Å². The number of benzene rings is 1. The van der Waals surface area contributed by atoms with Gasteiger partial charge in [0.1, 0.15) is 6.29 Å². The molecule has 0 aliphatic heterocycles. The Bertz CT molecular complexity index is 292. The fourth-order valence-electron chi connectivity index (χ4n) is 1.16. The molecule has 0 bridgehead atoms. The maximum absolute atomic E-state index is 10.7. The van der Waals surface area contributed by atoms with Gasteiger partial charge in [-0.05, 0) is 5.56 Å². The van der Waals surface area contributed by atoms with E-state index in [1.54, 1.807) is 24.3 Å². The Labute approximate surface area is 76.0 Å². The predicted molar refractivity (Wildman–Crippen MR) is 47.5 cm³/mol. The molecule has 1 atom stereocenters. The molecule has 68 valence electrons. The van der Waals surface area contributed by atoms with Gasteiger partial charge >= 0.3 is 5.97 Å². The highest BCUT2D eigenvalue weighted by Crippen LogP contribution is 2.17. The van der Waals surface area contributed by atoms with E-state index in [4.69, 9.17) is 5.11 Å². The van der Waals surface area contributed by atoms with Crippen LogP contribution in [0.3, 0.4) is 0 Å². The van der Waals surface area contributed by atoms with Crippen molar-refractivity contribution in [1.29, 1.82) is 0 Å². The van der Waals surface area contributed by atoms with Crippen LogP contribution in [-0.4, -0.2) is 17.4 Å². The molecule has 0 radical (unpaired) electrons. The summed E-state index contributed by atoms with van der Waals surface area (Å²) in [7, 11) is 0. The third kappa shape index (κ3) is 2.40. The van der Waals surface area contributed by atoms with Crippen LogP contribution in [0.25, 0.3) is 0 Å². The van der Waals surface area contributed by atoms with Crippen molar-refractivity contribution < 1.29 is 14.7 Å². The number of aliphatic carboxylic acids is 1. The fraction of sp³-hybridized carbons (Fsp3) is 0.200. The summed E-state index contributed by atoms with van der Waals surface area (Å²) in [5.74, 6) is -1.67. The number of hydrogen-bond donors (Lipinski definition) is 1. The van der Waals surface area contributed by atoms with Gasteiger partial charge in [-0.25, -0.2) is 0 Å². The van der Waals surface area contributed by atoms with Crippen LogP contribution in [0.15, 0.2) is 30.3 Å². The van der Waals surface area contributed by atoms with Crippen molar-refractivity contribution in [2.45, 2.75) is 12.3 Å². The highest BCUT2D eigenvalue weighted by atomic mass is 16.4. The summed E-state index contributed by atoms with van der Waals surface area (Å²) < 4.78 is 0. The molecular formula is C10H10O3. The minimum Gasteiger partial charge on any atom is -0.481 e. The molecule has 0 fully saturated rings. The van der Waals surface area contributed by atoms with Crippen molar-refractivity contribution in [2.24, 2.45) is 0 Å². The SMILES string of the molecule is O=CC[C@@H](C(=O)O)c1ccccc1. The zero-order valence-corrected chi connectivity index (χ0v) is 7.01. The first-order valence-electron chi connectivity index (χ1n) is 3.97. The van der Waals surface area contributed by atoms with E-state index in [1.165, 1.54) is 0 Å². The van der Waals surface area contributed by atoms with Gasteiger partial charge in [0.25, 0.3) is 0 Å². The number of carbonyl (C=O) groups is 2. The lowest BCUT2D eigenvalue weighted by Gasteiger charge is -2.07. The molecule has 0 spiro atoms. The van der Waals surface area contributed by atoms with Gasteiger partial charge in [-0.1, -0.05) is 30.3 Å². The van der Waals surface area contributed by atoms with E-state index >= 15 is 0 Å². The molecule has 0 aliphatic carbocycles. The third-order valence-electron chi connectivity index (χ3n) is 1.83. The highest BCUT2D eigenvalue weighted by molar-refractivity contribution is 5.79. The van der Waals surface area contributed by atoms with E-state index in [-0.39, 0.29) is 6.42 Å². The fourth-order valence-corrected chi connectivity index (χ4v) is 1.16. The van der Waals surface area contributed by atoms with Crippen LogP contribution in [0.5, 0.6) is 0 Å². The van der Waals surface area contributed by atoms with Crippen LogP contribution in [0.1, 0.15) is 17.9 Å². The zero-order chi connectivity index (χ0) is 9.68. The highest BCUT2D eigenvalue weighted by Gasteiger charge is 2.18. The first-order valence-corrected chi connectivity index (χ1v) is 3.97. The molecule has 0 aliphatic rings. The van der Waals surface area contributed by atoms with Crippen LogP contribution in [-0.2, 0) is 9.59 Å². The van der Waals surface area contributed by atoms with Crippen molar-refractivity contribution >= 4 is 12.3 Å². The smallest absolute Gasteiger partial charge is 0.311 e. The zero-order valence-electron chi connectivity index (χ0n) is 7.01. The second-order valence-corrected chi connectivity index (χ2v) is 2.70. The second kappa shape index (κ2) is 4.40. The van der Waals surface area contributed by atoms with Crippen LogP contribution in [0.2, 0.25) is 0 Å². The Morgan fingerprint density at radius 3 is 2.46 bits per heavy atom. The van der Waals surface area contributed by atoms with Gasteiger partial charge in [-0.2, -0.15) is 0 Å². The van der Waals surface area contributed by atoms with Crippen LogP contribution in [0, 0.1) is 0 Å². The molecule has 0 heterocycles. The van der Waals surface area contributed by atoms with Crippen molar-refractivity contribution in [3.63, 3.8) is 0 Å². The van der Waals surface area contributed by atoms with Gasteiger partial charge in [0.15, 0.2) is 0 Å². The van der Waals surface area contributed by atoms with E-state index in [2.05, 4.69) is 0 Å². The molecule has 3 nitrogen and oxygen atoms in total. The molecule has 3 heteroatoms. The summed E-state index contributed by atoms with van der Waals surface area (Å²) >= 11 is 0. The average Bonchev–Trinajstić information content (AvgIpc) is 2.15. The molecule has 1 rings (SSSR count). The summed E-state index contributed by atoms with van der Waals surface area (Å²) in [4.78, 5) is 21.0. The minimum atomic E-state index is -0.960. The molecule has 0 unspecified atom stereocenters. The van der Waals surface area contributed by atoms with Gasteiger partial charge in [-0.15, -0.1) is 0 Å². The Balaban J connectivity index is 2.88. The lowest BCUT2D eigenvalue weighted by molar-refractivity contribution is -0.139. The maximum atomic E-state index is 10.7. The summed E-state index contributed by atoms with van der Waals surface area (Å²) in [6.45, 7) is 0. The summed E-state index contributed by atoms with van der Waals surface area (Å²) in [6, 6.07) is 8.75. The van der Waals surface area contributed by atoms with Crippen molar-refractivity contribution in [2.75, 3.05) is 0 Å². The summed E-state index contributed by atoms with van der Waals surface area (Å²) in [5.41, 5.74) is 0.669. The third-order valence-corrected chi connectivity index (χ3v) is 1.83. The van der Waals surface area contributed by atoms with Gasteiger partial charge in [0, 0.05) is 6.42 Å². The van der Waals surface area contributed by atoms with Crippen molar-refractivity contribution in [3.05, 3.63) is 35.9 Å². The Kier molecular flexibility index (Phi) is 3.20. The Hall–Kier alpha value is -1.64. The summed E-state index contributed by atoms with van der Waals surface area (Å²) in [6.07, 6.45) is 0.658. The van der Waals surface area contributed by atoms with E-state index < -0.39 is 11.9 Å². The largest absolute Gasteiger partial charge is 0.481 e. The van der Waals surface area contributed by atoms with Gasteiger partial charge in [-0.3, -0.25) is 4.79 Å². The van der Waals surface area contributed by atoms with Gasteiger partial charge < -0.3 is 9.90 Å². The van der Waals surface area contributed by atoms with Crippen molar-refractivity contribution in [3.8, 4) is 0 Å². The lowest BCUT2D eigenvalue weighted by atomic mass is 9.97. The van der Waals surface area contributed by atoms with E-state index in [0.29, 0.717) is 11.8 Å². The first-order chi connectivity index (χ1) is 6.25. The van der Waals surface area contributed by atoms with E-state index in [1.807, 2.05) is 6.07 Å². The number of carboxylic acids is 1. The average molecular weight is 178 g/mol. The molecular weight excluding hydrogens is 168 g/mol. The van der Waals surface area contributed by atoms with E-state index in [9.17, 15) is 9.59 Å². The normalized spacial score (nSPS) is 12.0. The molecule has 0 saturated carbocycles. The van der Waals surface area contributed by atoms with Crippen LogP contribution >= 0.6 is 0 Å². The minimum absolute atomic E-state index is 0.0271. The van der Waals surface area contributed by atoms with Crippen molar-refractivity contribution in [1.82, 2.24) is 0 Å². The molecule has 0 amide bonds. The molecule has 13 heavy (non-hydrogen) atoms. The lowest BCUT2D eigenvalue weighted by Crippen LogP contribution is -2.11. The summed E-state index contributed by atoms with van der Waals surface area (Å²) in [5, 5.41) is 8.80. The van der Waals surface area contributed by atoms with E-state index in [0.717, 1.165) is 0 Å². The van der Waals surface area contributed by atoms with Crippen LogP contribution in [0.4, 0.5) is 0 Å². The van der Waals surface area contributed by atoms with Gasteiger partial charge in [0.05, 0.1) is 5.92 Å². The van der Waals surface area contributed by atoms with Crippen LogP contribution < -0.4 is 0 Å². The molecule has 0 saturated heterocycles. The standard InChI is InChI=1S/C10H10O3/c11-7-6-9(10(12)13)8-4-2-1-3-5-8/h1-5,7,9H,6H2,(H,12,13)/t9-/m1/s1. The molecule has 0 aromatic heterocycles. The monoisotopic (exact) mass is 178 g/mol. The number of carboxylic acid groups (broad SMARTS) is 1.